The van der Waals surface area contributed by atoms with Crippen LogP contribution in [0.1, 0.15) is 23.2 Å². The number of morpholine rings is 1. The summed E-state index contributed by atoms with van der Waals surface area (Å²) in [5.74, 6) is -2.74. The molecule has 0 bridgehead atoms. The Kier molecular flexibility index (Phi) is 4.17. The summed E-state index contributed by atoms with van der Waals surface area (Å²) in [6.07, 6.45) is 2.25. The van der Waals surface area contributed by atoms with Crippen molar-refractivity contribution in [3.8, 4) is 0 Å². The normalized spacial score (nSPS) is 25.6. The molecule has 1 aromatic rings. The van der Waals surface area contributed by atoms with Crippen LogP contribution in [0.4, 0.5) is 8.78 Å². The minimum absolute atomic E-state index is 0.0973. The molecule has 6 heteroatoms. The maximum Gasteiger partial charge on any atom is 0.254 e. The summed E-state index contributed by atoms with van der Waals surface area (Å²) < 4.78 is 32.3. The molecule has 0 aromatic heterocycles. The summed E-state index contributed by atoms with van der Waals surface area (Å²) in [6, 6.07) is 4.08. The monoisotopic (exact) mass is 296 g/mol. The van der Waals surface area contributed by atoms with E-state index in [1.54, 1.807) is 0 Å². The third kappa shape index (κ3) is 3.06. The topological polar surface area (TPSA) is 41.6 Å². The fourth-order valence-corrected chi connectivity index (χ4v) is 2.99. The molecular weight excluding hydrogens is 278 g/mol. The summed E-state index contributed by atoms with van der Waals surface area (Å²) in [6.45, 7) is 2.82. The average Bonchev–Trinajstić information content (AvgIpc) is 2.95. The van der Waals surface area contributed by atoms with Gasteiger partial charge in [-0.1, -0.05) is 6.07 Å². The van der Waals surface area contributed by atoms with E-state index in [0.29, 0.717) is 19.2 Å². The van der Waals surface area contributed by atoms with Gasteiger partial charge in [-0.3, -0.25) is 9.69 Å². The van der Waals surface area contributed by atoms with Crippen molar-refractivity contribution in [3.05, 3.63) is 35.4 Å². The average molecular weight is 296 g/mol. The van der Waals surface area contributed by atoms with Crippen molar-refractivity contribution in [1.29, 1.82) is 0 Å². The third-order valence-electron chi connectivity index (χ3n) is 4.15. The number of fused-ring (bicyclic) bond motifs is 1. The number of amides is 1. The molecule has 1 aromatic carbocycles. The third-order valence-corrected chi connectivity index (χ3v) is 4.15. The molecule has 2 unspecified atom stereocenters. The van der Waals surface area contributed by atoms with E-state index in [0.717, 1.165) is 25.6 Å². The molecule has 21 heavy (non-hydrogen) atoms. The molecule has 2 aliphatic heterocycles. The van der Waals surface area contributed by atoms with E-state index in [9.17, 15) is 13.6 Å². The predicted molar refractivity (Wildman–Crippen MR) is 73.0 cm³/mol. The van der Waals surface area contributed by atoms with Crippen molar-refractivity contribution in [2.45, 2.75) is 25.0 Å². The molecule has 0 saturated carbocycles. The Morgan fingerprint density at radius 2 is 2.29 bits per heavy atom. The van der Waals surface area contributed by atoms with Gasteiger partial charge in [0.1, 0.15) is 0 Å². The van der Waals surface area contributed by atoms with Gasteiger partial charge in [-0.05, 0) is 31.5 Å². The number of carbonyl (C=O) groups excluding carboxylic acids is 1. The minimum atomic E-state index is -1.11. The van der Waals surface area contributed by atoms with Crippen molar-refractivity contribution in [2.24, 2.45) is 0 Å². The number of nitrogens with one attached hydrogen (secondary N) is 1. The van der Waals surface area contributed by atoms with E-state index in [2.05, 4.69) is 10.2 Å². The van der Waals surface area contributed by atoms with E-state index < -0.39 is 17.5 Å². The summed E-state index contributed by atoms with van der Waals surface area (Å²) >= 11 is 0. The summed E-state index contributed by atoms with van der Waals surface area (Å²) in [5.41, 5.74) is -0.273. The van der Waals surface area contributed by atoms with Gasteiger partial charge in [-0.15, -0.1) is 0 Å². The molecule has 4 nitrogen and oxygen atoms in total. The maximum absolute atomic E-state index is 13.5. The van der Waals surface area contributed by atoms with Gasteiger partial charge in [0.2, 0.25) is 0 Å². The van der Waals surface area contributed by atoms with Crippen molar-refractivity contribution >= 4 is 5.91 Å². The number of hydrogen-bond donors (Lipinski definition) is 1. The summed E-state index contributed by atoms with van der Waals surface area (Å²) in [4.78, 5) is 14.3. The number of hydrogen-bond acceptors (Lipinski definition) is 3. The molecule has 0 spiro atoms. The van der Waals surface area contributed by atoms with Crippen LogP contribution in [0, 0.1) is 11.6 Å². The van der Waals surface area contributed by atoms with Gasteiger partial charge in [0.05, 0.1) is 18.3 Å². The number of halogens is 2. The fraction of sp³-hybridized carbons (Fsp3) is 0.533. The van der Waals surface area contributed by atoms with Crippen molar-refractivity contribution in [3.63, 3.8) is 0 Å². The standard InChI is InChI=1S/C15H18F2N2O2/c16-13-5-1-4-12(14(13)17)15(20)18-7-11-8-19-6-2-3-10(19)9-21-11/h1,4-5,10-11H,2-3,6-9H2,(H,18,20). The van der Waals surface area contributed by atoms with Gasteiger partial charge in [-0.2, -0.15) is 0 Å². The van der Waals surface area contributed by atoms with Crippen molar-refractivity contribution in [2.75, 3.05) is 26.2 Å². The summed E-state index contributed by atoms with van der Waals surface area (Å²) in [5, 5.41) is 2.62. The first-order chi connectivity index (χ1) is 10.1. The second-order valence-corrected chi connectivity index (χ2v) is 5.56. The second-order valence-electron chi connectivity index (χ2n) is 5.56. The van der Waals surface area contributed by atoms with Crippen LogP contribution in [-0.2, 0) is 4.74 Å². The first-order valence-electron chi connectivity index (χ1n) is 7.23. The highest BCUT2D eigenvalue weighted by molar-refractivity contribution is 5.94. The zero-order valence-electron chi connectivity index (χ0n) is 11.6. The van der Waals surface area contributed by atoms with Gasteiger partial charge >= 0.3 is 0 Å². The molecule has 0 aliphatic carbocycles. The molecule has 2 aliphatic rings. The maximum atomic E-state index is 13.5. The zero-order chi connectivity index (χ0) is 14.8. The highest BCUT2D eigenvalue weighted by Gasteiger charge is 2.32. The lowest BCUT2D eigenvalue weighted by Crippen LogP contribution is -2.50. The molecule has 1 N–H and O–H groups in total. The van der Waals surface area contributed by atoms with Crippen LogP contribution >= 0.6 is 0 Å². The highest BCUT2D eigenvalue weighted by atomic mass is 19.2. The molecule has 114 valence electrons. The first-order valence-corrected chi connectivity index (χ1v) is 7.23. The Labute approximate surface area is 122 Å². The number of benzene rings is 1. The van der Waals surface area contributed by atoms with E-state index in [4.69, 9.17) is 4.74 Å². The number of nitrogens with zero attached hydrogens (tertiary/aromatic N) is 1. The van der Waals surface area contributed by atoms with E-state index in [1.165, 1.54) is 18.6 Å². The molecule has 2 saturated heterocycles. The number of ether oxygens (including phenoxy) is 1. The largest absolute Gasteiger partial charge is 0.373 e. The molecule has 0 radical (unpaired) electrons. The van der Waals surface area contributed by atoms with Crippen molar-refractivity contribution in [1.82, 2.24) is 10.2 Å². The fourth-order valence-electron chi connectivity index (χ4n) is 2.99. The lowest BCUT2D eigenvalue weighted by atomic mass is 10.1. The van der Waals surface area contributed by atoms with Crippen LogP contribution in [0.15, 0.2) is 18.2 Å². The molecule has 2 fully saturated rings. The Balaban J connectivity index is 1.55. The lowest BCUT2D eigenvalue weighted by Gasteiger charge is -2.35. The number of carbonyl (C=O) groups is 1. The highest BCUT2D eigenvalue weighted by Crippen LogP contribution is 2.22. The molecule has 2 heterocycles. The Bertz CT molecular complexity index is 538. The SMILES string of the molecule is O=C(NCC1CN2CCCC2CO1)c1cccc(F)c1F. The van der Waals surface area contributed by atoms with Gasteiger partial charge in [0.15, 0.2) is 11.6 Å². The van der Waals surface area contributed by atoms with E-state index >= 15 is 0 Å². The van der Waals surface area contributed by atoms with Gasteiger partial charge < -0.3 is 10.1 Å². The molecular formula is C15H18F2N2O2. The Morgan fingerprint density at radius 3 is 3.14 bits per heavy atom. The van der Waals surface area contributed by atoms with Crippen molar-refractivity contribution < 1.29 is 18.3 Å². The van der Waals surface area contributed by atoms with Gasteiger partial charge in [0.25, 0.3) is 5.91 Å². The quantitative estimate of drug-likeness (QED) is 0.920. The zero-order valence-corrected chi connectivity index (χ0v) is 11.6. The molecule has 2 atom stereocenters. The molecule has 1 amide bonds. The smallest absolute Gasteiger partial charge is 0.254 e. The predicted octanol–water partition coefficient (Wildman–Crippen LogP) is 1.56. The van der Waals surface area contributed by atoms with Crippen LogP contribution in [0.3, 0.4) is 0 Å². The van der Waals surface area contributed by atoms with Crippen LogP contribution in [0.5, 0.6) is 0 Å². The van der Waals surface area contributed by atoms with E-state index in [1.807, 2.05) is 0 Å². The van der Waals surface area contributed by atoms with Crippen LogP contribution < -0.4 is 5.32 Å². The van der Waals surface area contributed by atoms with Gasteiger partial charge in [0, 0.05) is 19.1 Å². The lowest BCUT2D eigenvalue weighted by molar-refractivity contribution is -0.0462. The van der Waals surface area contributed by atoms with Crippen LogP contribution in [0.25, 0.3) is 0 Å². The van der Waals surface area contributed by atoms with Crippen LogP contribution in [0.2, 0.25) is 0 Å². The minimum Gasteiger partial charge on any atom is -0.373 e. The Morgan fingerprint density at radius 1 is 1.43 bits per heavy atom. The second kappa shape index (κ2) is 6.07. The van der Waals surface area contributed by atoms with E-state index in [-0.39, 0.29) is 11.7 Å². The van der Waals surface area contributed by atoms with Gasteiger partial charge in [-0.25, -0.2) is 8.78 Å². The Hall–Kier alpha value is -1.53. The van der Waals surface area contributed by atoms with Crippen LogP contribution in [-0.4, -0.2) is 49.2 Å². The molecule has 3 rings (SSSR count). The summed E-state index contributed by atoms with van der Waals surface area (Å²) in [7, 11) is 0. The number of rotatable bonds is 3. The first kappa shape index (κ1) is 14.4.